The fraction of sp³-hybridized carbons (Fsp3) is 0.0500. The Balaban J connectivity index is 1.32. The van der Waals surface area contributed by atoms with Crippen LogP contribution in [0.3, 0.4) is 0 Å². The molecule has 41 heavy (non-hydrogen) atoms. The number of fused-ring (bicyclic) bond motifs is 5. The topological polar surface area (TPSA) is 3.24 Å². The summed E-state index contributed by atoms with van der Waals surface area (Å²) in [5, 5.41) is 5.24. The lowest BCUT2D eigenvalue weighted by atomic mass is 9.82. The number of rotatable bonds is 2. The second-order valence-electron chi connectivity index (χ2n) is 11.5. The summed E-state index contributed by atoms with van der Waals surface area (Å²) in [5.41, 5.74) is 16.7. The van der Waals surface area contributed by atoms with Crippen LogP contribution in [-0.2, 0) is 0 Å². The highest BCUT2D eigenvalue weighted by molar-refractivity contribution is 6.24. The molecule has 0 saturated carbocycles. The Labute approximate surface area is 240 Å². The third-order valence-corrected chi connectivity index (χ3v) is 9.19. The predicted molar refractivity (Wildman–Crippen MR) is 174 cm³/mol. The molecule has 2 heterocycles. The van der Waals surface area contributed by atoms with Crippen molar-refractivity contribution in [1.29, 1.82) is 0 Å². The van der Waals surface area contributed by atoms with Gasteiger partial charge in [-0.05, 0) is 93.4 Å². The maximum Gasteiger partial charge on any atom is 0.0625 e. The van der Waals surface area contributed by atoms with Gasteiger partial charge in [-0.25, -0.2) is 0 Å². The van der Waals surface area contributed by atoms with Crippen molar-refractivity contribution in [1.82, 2.24) is 0 Å². The predicted octanol–water partition coefficient (Wildman–Crippen LogP) is 11.4. The SMILES string of the molecule is Cc1ccccc1-c1cc(-c2ccc3c(c2)-c2cccc4ccc5c(c24)N3c2cccc3cccc-5c23)ccc1C. The van der Waals surface area contributed by atoms with E-state index < -0.39 is 0 Å². The largest absolute Gasteiger partial charge is 0.308 e. The average molecular weight is 522 g/mol. The minimum atomic E-state index is 1.24. The summed E-state index contributed by atoms with van der Waals surface area (Å²) in [6, 6.07) is 47.4. The third-order valence-electron chi connectivity index (χ3n) is 9.19. The Morgan fingerprint density at radius 3 is 1.83 bits per heavy atom. The first-order chi connectivity index (χ1) is 20.2. The van der Waals surface area contributed by atoms with Gasteiger partial charge in [-0.2, -0.15) is 0 Å². The molecule has 0 spiro atoms. The van der Waals surface area contributed by atoms with Crippen LogP contribution in [0, 0.1) is 13.8 Å². The van der Waals surface area contributed by atoms with Crippen LogP contribution in [0.2, 0.25) is 0 Å². The van der Waals surface area contributed by atoms with Gasteiger partial charge in [0, 0.05) is 21.9 Å². The maximum absolute atomic E-state index is 2.52. The summed E-state index contributed by atoms with van der Waals surface area (Å²) in [7, 11) is 0. The molecule has 1 heteroatoms. The van der Waals surface area contributed by atoms with Gasteiger partial charge in [0.2, 0.25) is 0 Å². The molecule has 0 aromatic heterocycles. The van der Waals surface area contributed by atoms with Gasteiger partial charge in [-0.15, -0.1) is 0 Å². The van der Waals surface area contributed by atoms with E-state index in [2.05, 4.69) is 146 Å². The van der Waals surface area contributed by atoms with E-state index in [1.807, 2.05) is 0 Å². The first-order valence-electron chi connectivity index (χ1n) is 14.4. The van der Waals surface area contributed by atoms with Crippen molar-refractivity contribution < 1.29 is 0 Å². The summed E-state index contributed by atoms with van der Waals surface area (Å²) < 4.78 is 0. The molecule has 0 saturated heterocycles. The van der Waals surface area contributed by atoms with Gasteiger partial charge in [-0.3, -0.25) is 0 Å². The molecule has 1 nitrogen and oxygen atoms in total. The highest BCUT2D eigenvalue weighted by Crippen LogP contribution is 2.59. The fourth-order valence-corrected chi connectivity index (χ4v) is 7.23. The van der Waals surface area contributed by atoms with Gasteiger partial charge < -0.3 is 4.90 Å². The van der Waals surface area contributed by atoms with Crippen LogP contribution in [-0.4, -0.2) is 0 Å². The van der Waals surface area contributed by atoms with Crippen LogP contribution in [0.15, 0.2) is 127 Å². The minimum Gasteiger partial charge on any atom is -0.308 e. The molecule has 2 aliphatic rings. The Morgan fingerprint density at radius 1 is 0.390 bits per heavy atom. The van der Waals surface area contributed by atoms with Crippen molar-refractivity contribution in [2.45, 2.75) is 13.8 Å². The van der Waals surface area contributed by atoms with E-state index in [0.717, 1.165) is 0 Å². The van der Waals surface area contributed by atoms with Crippen molar-refractivity contribution >= 4 is 38.6 Å². The Hall–Kier alpha value is -5.14. The average Bonchev–Trinajstić information content (AvgIpc) is 3.01. The zero-order valence-corrected chi connectivity index (χ0v) is 23.1. The van der Waals surface area contributed by atoms with E-state index in [4.69, 9.17) is 0 Å². The van der Waals surface area contributed by atoms with Crippen LogP contribution in [0.1, 0.15) is 11.1 Å². The summed E-state index contributed by atoms with van der Waals surface area (Å²) in [6.45, 7) is 4.41. The van der Waals surface area contributed by atoms with Crippen LogP contribution >= 0.6 is 0 Å². The van der Waals surface area contributed by atoms with Gasteiger partial charge in [0.25, 0.3) is 0 Å². The molecule has 0 N–H and O–H groups in total. The van der Waals surface area contributed by atoms with Gasteiger partial charge in [0.15, 0.2) is 0 Å². The Bertz CT molecular complexity index is 2230. The van der Waals surface area contributed by atoms with Crippen LogP contribution in [0.4, 0.5) is 17.1 Å². The first kappa shape index (κ1) is 22.7. The highest BCUT2D eigenvalue weighted by atomic mass is 15.2. The molecule has 0 atom stereocenters. The van der Waals surface area contributed by atoms with E-state index in [-0.39, 0.29) is 0 Å². The molecule has 0 radical (unpaired) electrons. The Kier molecular flexibility index (Phi) is 4.52. The van der Waals surface area contributed by atoms with Gasteiger partial charge in [-0.1, -0.05) is 103 Å². The third kappa shape index (κ3) is 3.06. The zero-order valence-electron chi connectivity index (χ0n) is 23.1. The monoisotopic (exact) mass is 521 g/mol. The minimum absolute atomic E-state index is 1.24. The molecule has 0 fully saturated rings. The molecular formula is C40H27N. The van der Waals surface area contributed by atoms with E-state index in [1.165, 1.54) is 94.2 Å². The lowest BCUT2D eigenvalue weighted by Gasteiger charge is -2.39. The molecular weight excluding hydrogens is 494 g/mol. The van der Waals surface area contributed by atoms with E-state index in [1.54, 1.807) is 0 Å². The molecule has 0 aliphatic carbocycles. The molecule has 0 unspecified atom stereocenters. The molecule has 192 valence electrons. The van der Waals surface area contributed by atoms with Crippen molar-refractivity contribution in [2.75, 3.05) is 4.90 Å². The van der Waals surface area contributed by atoms with Gasteiger partial charge >= 0.3 is 0 Å². The van der Waals surface area contributed by atoms with Crippen molar-refractivity contribution in [2.24, 2.45) is 0 Å². The van der Waals surface area contributed by atoms with Gasteiger partial charge in [0.1, 0.15) is 0 Å². The number of hydrogen-bond acceptors (Lipinski definition) is 1. The molecule has 7 aromatic rings. The summed E-state index contributed by atoms with van der Waals surface area (Å²) in [5.74, 6) is 0. The first-order valence-corrected chi connectivity index (χ1v) is 14.4. The van der Waals surface area contributed by atoms with E-state index >= 15 is 0 Å². The number of nitrogens with zero attached hydrogens (tertiary/aromatic N) is 1. The number of aryl methyl sites for hydroxylation is 2. The number of hydrogen-bond donors (Lipinski definition) is 0. The van der Waals surface area contributed by atoms with Crippen LogP contribution in [0.5, 0.6) is 0 Å². The fourth-order valence-electron chi connectivity index (χ4n) is 7.23. The van der Waals surface area contributed by atoms with Gasteiger partial charge in [0.05, 0.1) is 17.1 Å². The standard InChI is InChI=1S/C40H27N/c1-24-8-3-4-12-30(24)34-22-28(17-16-25(34)2)29-19-21-36-35(23-29)32-14-6-10-27-18-20-33-31-13-5-9-26-11-7-15-37(38(26)31)41(36)40(33)39(27)32/h3-23H,1-2H3. The maximum atomic E-state index is 2.52. The molecule has 2 aliphatic heterocycles. The smallest absolute Gasteiger partial charge is 0.0625 e. The van der Waals surface area contributed by atoms with Crippen molar-refractivity contribution in [3.8, 4) is 44.5 Å². The normalized spacial score (nSPS) is 12.6. The Morgan fingerprint density at radius 2 is 1.02 bits per heavy atom. The van der Waals surface area contributed by atoms with E-state index in [9.17, 15) is 0 Å². The quantitative estimate of drug-likeness (QED) is 0.219. The van der Waals surface area contributed by atoms with E-state index in [0.29, 0.717) is 0 Å². The number of benzene rings is 7. The second-order valence-corrected chi connectivity index (χ2v) is 11.5. The second kappa shape index (κ2) is 8.19. The zero-order chi connectivity index (χ0) is 27.2. The van der Waals surface area contributed by atoms with Crippen molar-refractivity contribution in [3.63, 3.8) is 0 Å². The highest BCUT2D eigenvalue weighted by Gasteiger charge is 2.33. The molecule has 0 bridgehead atoms. The summed E-state index contributed by atoms with van der Waals surface area (Å²) in [6.07, 6.45) is 0. The molecule has 9 rings (SSSR count). The molecule has 0 amide bonds. The van der Waals surface area contributed by atoms with Crippen LogP contribution < -0.4 is 4.90 Å². The number of anilines is 3. The summed E-state index contributed by atoms with van der Waals surface area (Å²) in [4.78, 5) is 2.52. The van der Waals surface area contributed by atoms with Crippen LogP contribution in [0.25, 0.3) is 66.1 Å². The van der Waals surface area contributed by atoms with Crippen molar-refractivity contribution in [3.05, 3.63) is 139 Å². The molecule has 7 aromatic carbocycles. The lowest BCUT2D eigenvalue weighted by Crippen LogP contribution is -2.19. The lowest BCUT2D eigenvalue weighted by molar-refractivity contribution is 1.29. The summed E-state index contributed by atoms with van der Waals surface area (Å²) >= 11 is 0.